The molecule has 0 aromatic carbocycles. The Morgan fingerprint density at radius 2 is 1.94 bits per heavy atom. The van der Waals surface area contributed by atoms with E-state index in [0.29, 0.717) is 0 Å². The predicted octanol–water partition coefficient (Wildman–Crippen LogP) is 1.71. The summed E-state index contributed by atoms with van der Waals surface area (Å²) < 4.78 is 22.2. The number of nitrogens with zero attached hydrogens (tertiary/aromatic N) is 1. The highest BCUT2D eigenvalue weighted by Crippen LogP contribution is 2.21. The van der Waals surface area contributed by atoms with Crippen LogP contribution < -0.4 is 5.14 Å². The maximum absolute atomic E-state index is 11.1. The summed E-state index contributed by atoms with van der Waals surface area (Å²) in [5.41, 5.74) is 0.973. The second kappa shape index (κ2) is 4.51. The van der Waals surface area contributed by atoms with Crippen LogP contribution >= 0.6 is 0 Å². The highest BCUT2D eigenvalue weighted by atomic mass is 32.2. The molecule has 0 aliphatic carbocycles. The van der Waals surface area contributed by atoms with Crippen molar-refractivity contribution in [2.24, 2.45) is 10.6 Å². The minimum atomic E-state index is -3.69. The number of nitrogens with two attached hydrogens (primary N) is 1. The molecule has 0 aliphatic rings. The molecule has 0 unspecified atom stereocenters. The van der Waals surface area contributed by atoms with Crippen molar-refractivity contribution in [3.05, 3.63) is 23.9 Å². The van der Waals surface area contributed by atoms with E-state index < -0.39 is 10.0 Å². The standard InChI is InChI=1S/C11H18N2O2S/c1-11(2,3)8-7-9-5-4-6-10(13-9)16(12,14)15/h4-6H,7-8H2,1-3H3,(H2,12,14,15). The minimum Gasteiger partial charge on any atom is -0.240 e. The molecule has 90 valence electrons. The van der Waals surface area contributed by atoms with Crippen LogP contribution in [0.2, 0.25) is 0 Å². The Labute approximate surface area is 96.9 Å². The van der Waals surface area contributed by atoms with Gasteiger partial charge in [-0.3, -0.25) is 0 Å². The molecule has 1 aromatic rings. The zero-order valence-corrected chi connectivity index (χ0v) is 10.7. The Kier molecular flexibility index (Phi) is 3.70. The Morgan fingerprint density at radius 1 is 1.31 bits per heavy atom. The van der Waals surface area contributed by atoms with E-state index >= 15 is 0 Å². The molecule has 0 saturated heterocycles. The first-order valence-corrected chi connectivity index (χ1v) is 6.72. The number of sulfonamides is 1. The van der Waals surface area contributed by atoms with E-state index in [1.807, 2.05) is 6.07 Å². The molecule has 1 aromatic heterocycles. The molecule has 0 radical (unpaired) electrons. The number of rotatable bonds is 3. The predicted molar refractivity (Wildman–Crippen MR) is 63.4 cm³/mol. The zero-order chi connectivity index (χ0) is 12.4. The average molecular weight is 242 g/mol. The molecule has 0 fully saturated rings. The molecule has 0 amide bonds. The summed E-state index contributed by atoms with van der Waals surface area (Å²) in [6, 6.07) is 4.90. The Hall–Kier alpha value is -0.940. The molecule has 0 bridgehead atoms. The van der Waals surface area contributed by atoms with Crippen LogP contribution in [0.3, 0.4) is 0 Å². The van der Waals surface area contributed by atoms with Crippen molar-refractivity contribution in [1.29, 1.82) is 0 Å². The van der Waals surface area contributed by atoms with E-state index in [1.54, 1.807) is 6.07 Å². The summed E-state index contributed by atoms with van der Waals surface area (Å²) in [6.07, 6.45) is 1.71. The Balaban J connectivity index is 2.84. The summed E-state index contributed by atoms with van der Waals surface area (Å²) in [5, 5.41) is 4.96. The molecular formula is C11H18N2O2S. The summed E-state index contributed by atoms with van der Waals surface area (Å²) >= 11 is 0. The smallest absolute Gasteiger partial charge is 0.240 e. The largest absolute Gasteiger partial charge is 0.255 e. The third-order valence-electron chi connectivity index (χ3n) is 2.20. The lowest BCUT2D eigenvalue weighted by Crippen LogP contribution is -2.15. The van der Waals surface area contributed by atoms with Gasteiger partial charge >= 0.3 is 0 Å². The van der Waals surface area contributed by atoms with Crippen LogP contribution in [0.5, 0.6) is 0 Å². The summed E-state index contributed by atoms with van der Waals surface area (Å²) in [7, 11) is -3.69. The number of primary sulfonamides is 1. The number of aryl methyl sites for hydroxylation is 1. The molecule has 16 heavy (non-hydrogen) atoms. The Bertz CT molecular complexity index is 461. The van der Waals surface area contributed by atoms with Gasteiger partial charge in [-0.05, 0) is 30.4 Å². The lowest BCUT2D eigenvalue weighted by Gasteiger charge is -2.17. The summed E-state index contributed by atoms with van der Waals surface area (Å²) in [6.45, 7) is 6.41. The van der Waals surface area contributed by atoms with Crippen molar-refractivity contribution in [3.63, 3.8) is 0 Å². The molecule has 0 atom stereocenters. The summed E-state index contributed by atoms with van der Waals surface area (Å²) in [4.78, 5) is 4.03. The first-order valence-electron chi connectivity index (χ1n) is 5.17. The van der Waals surface area contributed by atoms with E-state index in [2.05, 4.69) is 25.8 Å². The number of hydrogen-bond donors (Lipinski definition) is 1. The minimum absolute atomic E-state index is 0.0566. The molecule has 0 saturated carbocycles. The average Bonchev–Trinajstić information content (AvgIpc) is 2.13. The van der Waals surface area contributed by atoms with Gasteiger partial charge < -0.3 is 0 Å². The van der Waals surface area contributed by atoms with Crippen LogP contribution in [-0.4, -0.2) is 13.4 Å². The first-order chi connectivity index (χ1) is 7.18. The van der Waals surface area contributed by atoms with Gasteiger partial charge in [0.25, 0.3) is 10.0 Å². The van der Waals surface area contributed by atoms with Gasteiger partial charge in [-0.25, -0.2) is 18.5 Å². The normalized spacial score (nSPS) is 12.8. The maximum atomic E-state index is 11.1. The fourth-order valence-corrected chi connectivity index (χ4v) is 1.77. The lowest BCUT2D eigenvalue weighted by atomic mass is 9.90. The van der Waals surface area contributed by atoms with Gasteiger partial charge in [-0.2, -0.15) is 0 Å². The van der Waals surface area contributed by atoms with E-state index in [-0.39, 0.29) is 10.4 Å². The first kappa shape index (κ1) is 13.1. The fraction of sp³-hybridized carbons (Fsp3) is 0.545. The quantitative estimate of drug-likeness (QED) is 0.876. The van der Waals surface area contributed by atoms with Gasteiger partial charge in [0, 0.05) is 5.69 Å². The number of pyridine rings is 1. The van der Waals surface area contributed by atoms with E-state index in [0.717, 1.165) is 18.5 Å². The number of hydrogen-bond acceptors (Lipinski definition) is 3. The van der Waals surface area contributed by atoms with Crippen molar-refractivity contribution < 1.29 is 8.42 Å². The van der Waals surface area contributed by atoms with Crippen LogP contribution in [0.1, 0.15) is 32.9 Å². The van der Waals surface area contributed by atoms with Crippen LogP contribution in [0, 0.1) is 5.41 Å². The monoisotopic (exact) mass is 242 g/mol. The second-order valence-electron chi connectivity index (χ2n) is 5.07. The van der Waals surface area contributed by atoms with Crippen LogP contribution in [-0.2, 0) is 16.4 Å². The maximum Gasteiger partial charge on any atom is 0.255 e. The molecular weight excluding hydrogens is 224 g/mol. The number of aromatic nitrogens is 1. The highest BCUT2D eigenvalue weighted by molar-refractivity contribution is 7.89. The van der Waals surface area contributed by atoms with E-state index in [4.69, 9.17) is 5.14 Å². The van der Waals surface area contributed by atoms with Gasteiger partial charge in [0.1, 0.15) is 0 Å². The van der Waals surface area contributed by atoms with Crippen LogP contribution in [0.15, 0.2) is 23.2 Å². The second-order valence-corrected chi connectivity index (χ2v) is 6.58. The Morgan fingerprint density at radius 3 is 2.44 bits per heavy atom. The highest BCUT2D eigenvalue weighted by Gasteiger charge is 2.13. The topological polar surface area (TPSA) is 73.1 Å². The van der Waals surface area contributed by atoms with Crippen LogP contribution in [0.4, 0.5) is 0 Å². The molecule has 1 heterocycles. The molecule has 4 nitrogen and oxygen atoms in total. The van der Waals surface area contributed by atoms with Crippen molar-refractivity contribution in [2.75, 3.05) is 0 Å². The van der Waals surface area contributed by atoms with Gasteiger partial charge in [0.05, 0.1) is 0 Å². The molecule has 0 spiro atoms. The van der Waals surface area contributed by atoms with Gasteiger partial charge in [-0.1, -0.05) is 26.8 Å². The molecule has 2 N–H and O–H groups in total. The van der Waals surface area contributed by atoms with E-state index in [9.17, 15) is 8.42 Å². The van der Waals surface area contributed by atoms with Gasteiger partial charge in [0.2, 0.25) is 0 Å². The molecule has 0 aliphatic heterocycles. The van der Waals surface area contributed by atoms with Gasteiger partial charge in [0.15, 0.2) is 5.03 Å². The third kappa shape index (κ3) is 4.28. The van der Waals surface area contributed by atoms with Crippen molar-refractivity contribution in [2.45, 2.75) is 38.6 Å². The SMILES string of the molecule is CC(C)(C)CCc1cccc(S(N)(=O)=O)n1. The third-order valence-corrected chi connectivity index (χ3v) is 3.01. The molecule has 1 rings (SSSR count). The lowest BCUT2D eigenvalue weighted by molar-refractivity contribution is 0.376. The fourth-order valence-electron chi connectivity index (χ4n) is 1.26. The van der Waals surface area contributed by atoms with Gasteiger partial charge in [-0.15, -0.1) is 0 Å². The molecule has 5 heteroatoms. The van der Waals surface area contributed by atoms with Crippen LogP contribution in [0.25, 0.3) is 0 Å². The van der Waals surface area contributed by atoms with Crippen molar-refractivity contribution in [3.8, 4) is 0 Å². The van der Waals surface area contributed by atoms with Crippen molar-refractivity contribution in [1.82, 2.24) is 4.98 Å². The van der Waals surface area contributed by atoms with Crippen molar-refractivity contribution >= 4 is 10.0 Å². The summed E-state index contributed by atoms with van der Waals surface area (Å²) in [5.74, 6) is 0. The zero-order valence-electron chi connectivity index (χ0n) is 9.90. The van der Waals surface area contributed by atoms with E-state index in [1.165, 1.54) is 6.07 Å².